The van der Waals surface area contributed by atoms with Crippen LogP contribution in [0.1, 0.15) is 30.0 Å². The number of benzene rings is 2. The van der Waals surface area contributed by atoms with E-state index in [0.717, 1.165) is 23.8 Å². The summed E-state index contributed by atoms with van der Waals surface area (Å²) < 4.78 is 81.2. The lowest BCUT2D eigenvalue weighted by molar-refractivity contribution is -0.184. The molecule has 0 aliphatic carbocycles. The first-order valence-corrected chi connectivity index (χ1v) is 8.95. The Hall–Kier alpha value is -2.09. The predicted octanol–water partition coefficient (Wildman–Crippen LogP) is 6.15. The second-order valence-electron chi connectivity index (χ2n) is 6.93. The van der Waals surface area contributed by atoms with Crippen LogP contribution in [0.3, 0.4) is 0 Å². The summed E-state index contributed by atoms with van der Waals surface area (Å²) in [6.07, 6.45) is -9.70. The zero-order valence-electron chi connectivity index (χ0n) is 14.9. The van der Waals surface area contributed by atoms with Crippen LogP contribution in [0.4, 0.5) is 32.0 Å². The van der Waals surface area contributed by atoms with Gasteiger partial charge in [-0.1, -0.05) is 42.5 Å². The zero-order chi connectivity index (χ0) is 20.7. The van der Waals surface area contributed by atoms with E-state index in [0.29, 0.717) is 16.6 Å². The molecule has 2 aromatic rings. The minimum absolute atomic E-state index is 0.0890. The third kappa shape index (κ3) is 3.74. The van der Waals surface area contributed by atoms with Crippen molar-refractivity contribution in [3.05, 3.63) is 65.2 Å². The van der Waals surface area contributed by atoms with Gasteiger partial charge in [0.05, 0.1) is 5.56 Å². The van der Waals surface area contributed by atoms with Crippen molar-refractivity contribution in [2.75, 3.05) is 18.0 Å². The number of anilines is 1. The van der Waals surface area contributed by atoms with Crippen LogP contribution in [0.5, 0.6) is 0 Å². The molecule has 1 fully saturated rings. The molecule has 1 aliphatic heterocycles. The van der Waals surface area contributed by atoms with Gasteiger partial charge in [-0.25, -0.2) is 0 Å². The van der Waals surface area contributed by atoms with Crippen molar-refractivity contribution in [1.82, 2.24) is 0 Å². The average Bonchev–Trinajstić information content (AvgIpc) is 3.08. The van der Waals surface area contributed by atoms with E-state index in [1.54, 1.807) is 36.1 Å². The van der Waals surface area contributed by atoms with Crippen molar-refractivity contribution in [3.8, 4) is 0 Å². The van der Waals surface area contributed by atoms with Gasteiger partial charge in [-0.15, -0.1) is 0 Å². The first-order valence-electron chi connectivity index (χ1n) is 8.54. The van der Waals surface area contributed by atoms with Crippen LogP contribution in [0, 0.1) is 0 Å². The van der Waals surface area contributed by atoms with E-state index >= 15 is 0 Å². The van der Waals surface area contributed by atoms with Crippen LogP contribution in [0.15, 0.2) is 48.5 Å². The molecular weight excluding hydrogens is 400 g/mol. The number of hydrogen-bond acceptors (Lipinski definition) is 2. The van der Waals surface area contributed by atoms with Crippen LogP contribution < -0.4 is 4.90 Å². The van der Waals surface area contributed by atoms with Crippen molar-refractivity contribution < 1.29 is 26.3 Å². The molecular formula is C20H17F6NS. The summed E-state index contributed by atoms with van der Waals surface area (Å²) >= 11 is 5.08. The van der Waals surface area contributed by atoms with E-state index in [4.69, 9.17) is 12.2 Å². The number of thiocarbonyl (C=S) groups is 1. The van der Waals surface area contributed by atoms with E-state index in [2.05, 4.69) is 0 Å². The lowest BCUT2D eigenvalue weighted by Gasteiger charge is -2.33. The van der Waals surface area contributed by atoms with Crippen molar-refractivity contribution >= 4 is 22.8 Å². The molecule has 0 aromatic heterocycles. The van der Waals surface area contributed by atoms with Crippen LogP contribution >= 0.6 is 12.2 Å². The second kappa shape index (κ2) is 7.06. The number of hydrogen-bond donors (Lipinski definition) is 0. The first kappa shape index (κ1) is 20.6. The van der Waals surface area contributed by atoms with Gasteiger partial charge in [0.15, 0.2) is 0 Å². The van der Waals surface area contributed by atoms with Crippen molar-refractivity contribution in [2.24, 2.45) is 0 Å². The normalized spacial score (nSPS) is 20.5. The summed E-state index contributed by atoms with van der Waals surface area (Å²) in [4.78, 5) is 2.22. The Labute approximate surface area is 164 Å². The van der Waals surface area contributed by atoms with Gasteiger partial charge in [-0.05, 0) is 42.7 Å². The third-order valence-corrected chi connectivity index (χ3v) is 5.43. The fraction of sp³-hybridized carbons (Fsp3) is 0.350. The van der Waals surface area contributed by atoms with Gasteiger partial charge < -0.3 is 4.90 Å². The van der Waals surface area contributed by atoms with Gasteiger partial charge >= 0.3 is 12.4 Å². The van der Waals surface area contributed by atoms with E-state index in [1.165, 1.54) is 0 Å². The summed E-state index contributed by atoms with van der Waals surface area (Å²) in [5.41, 5.74) is -2.40. The minimum atomic E-state index is -4.70. The maximum Gasteiger partial charge on any atom is 0.416 e. The highest BCUT2D eigenvalue weighted by Crippen LogP contribution is 2.49. The molecule has 0 radical (unpaired) electrons. The molecule has 1 nitrogen and oxygen atoms in total. The molecule has 0 bridgehead atoms. The first-order chi connectivity index (χ1) is 12.9. The Morgan fingerprint density at radius 2 is 1.64 bits per heavy atom. The minimum Gasteiger partial charge on any atom is -0.370 e. The maximum atomic E-state index is 14.1. The number of halogens is 6. The highest BCUT2D eigenvalue weighted by atomic mass is 32.1. The Morgan fingerprint density at radius 3 is 2.18 bits per heavy atom. The molecule has 0 saturated carbocycles. The molecule has 150 valence electrons. The molecule has 0 N–H and O–H groups in total. The second-order valence-corrected chi connectivity index (χ2v) is 7.55. The molecule has 3 rings (SSSR count). The van der Waals surface area contributed by atoms with E-state index in [9.17, 15) is 26.3 Å². The van der Waals surface area contributed by atoms with Crippen molar-refractivity contribution in [1.29, 1.82) is 0 Å². The topological polar surface area (TPSA) is 3.24 Å². The Morgan fingerprint density at radius 1 is 1.00 bits per heavy atom. The number of alkyl halides is 6. The monoisotopic (exact) mass is 417 g/mol. The summed E-state index contributed by atoms with van der Waals surface area (Å²) in [6, 6.07) is 10.4. The van der Waals surface area contributed by atoms with Crippen LogP contribution in [0.2, 0.25) is 0 Å². The van der Waals surface area contributed by atoms with Gasteiger partial charge in [0, 0.05) is 23.6 Å². The molecule has 1 aliphatic rings. The van der Waals surface area contributed by atoms with Crippen molar-refractivity contribution in [2.45, 2.75) is 31.1 Å². The van der Waals surface area contributed by atoms with Crippen LogP contribution in [-0.2, 0) is 11.6 Å². The van der Waals surface area contributed by atoms with E-state index < -0.39 is 29.9 Å². The largest absolute Gasteiger partial charge is 0.416 e. The van der Waals surface area contributed by atoms with Gasteiger partial charge in [-0.2, -0.15) is 26.3 Å². The third-order valence-electron chi connectivity index (χ3n) is 5.19. The smallest absolute Gasteiger partial charge is 0.370 e. The van der Waals surface area contributed by atoms with E-state index in [-0.39, 0.29) is 18.5 Å². The quantitative estimate of drug-likeness (QED) is 0.335. The highest BCUT2D eigenvalue weighted by molar-refractivity contribution is 7.80. The Bertz CT molecular complexity index is 872. The SMILES string of the molecule is CC(=S)c1ccc(N2CCC(c3cccc(C(F)(F)F)c3)(C(F)(F)F)C2)cc1. The molecule has 2 aromatic carbocycles. The molecule has 1 atom stereocenters. The maximum absolute atomic E-state index is 14.1. The molecule has 1 heterocycles. The highest BCUT2D eigenvalue weighted by Gasteiger charge is 2.59. The fourth-order valence-corrected chi connectivity index (χ4v) is 3.70. The Balaban J connectivity index is 1.98. The molecule has 8 heteroatoms. The molecule has 1 saturated heterocycles. The van der Waals surface area contributed by atoms with Gasteiger partial charge in [0.25, 0.3) is 0 Å². The van der Waals surface area contributed by atoms with E-state index in [1.807, 2.05) is 0 Å². The molecule has 28 heavy (non-hydrogen) atoms. The zero-order valence-corrected chi connectivity index (χ0v) is 15.7. The lowest BCUT2D eigenvalue weighted by Crippen LogP contribution is -2.45. The standard InChI is InChI=1S/C20H17F6NS/c1-13(28)14-5-7-17(8-6-14)27-10-9-18(12-27,20(24,25)26)15-3-2-4-16(11-15)19(21,22)23/h2-8,11H,9-10,12H2,1H3. The fourth-order valence-electron chi connectivity index (χ4n) is 3.56. The summed E-state index contributed by atoms with van der Waals surface area (Å²) in [7, 11) is 0. The summed E-state index contributed by atoms with van der Waals surface area (Å²) in [5, 5.41) is 0. The van der Waals surface area contributed by atoms with Crippen LogP contribution in [0.25, 0.3) is 0 Å². The van der Waals surface area contributed by atoms with Gasteiger partial charge in [0.2, 0.25) is 0 Å². The lowest BCUT2D eigenvalue weighted by atomic mass is 9.78. The van der Waals surface area contributed by atoms with Gasteiger partial charge in [-0.3, -0.25) is 0 Å². The predicted molar refractivity (Wildman–Crippen MR) is 99.8 cm³/mol. The van der Waals surface area contributed by atoms with Crippen molar-refractivity contribution in [3.63, 3.8) is 0 Å². The van der Waals surface area contributed by atoms with Gasteiger partial charge in [0.1, 0.15) is 5.41 Å². The summed E-state index contributed by atoms with van der Waals surface area (Å²) in [5.74, 6) is 0. The number of nitrogens with zero attached hydrogens (tertiary/aromatic N) is 1. The number of rotatable bonds is 3. The average molecular weight is 417 g/mol. The molecule has 0 amide bonds. The van der Waals surface area contributed by atoms with Crippen LogP contribution in [-0.4, -0.2) is 24.1 Å². The summed E-state index contributed by atoms with van der Waals surface area (Å²) in [6.45, 7) is 1.40. The Kier molecular flexibility index (Phi) is 5.20. The molecule has 0 spiro atoms. The molecule has 1 unspecified atom stereocenters.